The van der Waals surface area contributed by atoms with E-state index in [0.29, 0.717) is 23.7 Å². The Morgan fingerprint density at radius 2 is 1.96 bits per heavy atom. The largest absolute Gasteiger partial charge is 0.378 e. The average Bonchev–Trinajstić information content (AvgIpc) is 2.88. The monoisotopic (exact) mass is 377 g/mol. The van der Waals surface area contributed by atoms with Gasteiger partial charge in [0.25, 0.3) is 5.91 Å². The van der Waals surface area contributed by atoms with E-state index in [-0.39, 0.29) is 11.5 Å². The van der Waals surface area contributed by atoms with E-state index in [0.717, 1.165) is 22.7 Å². The zero-order valence-electron chi connectivity index (χ0n) is 15.7. The number of hydrogen-bond donors (Lipinski definition) is 2. The number of amides is 1. The van der Waals surface area contributed by atoms with Gasteiger partial charge in [-0.2, -0.15) is 5.10 Å². The number of nitrogens with zero attached hydrogens (tertiary/aromatic N) is 3. The summed E-state index contributed by atoms with van der Waals surface area (Å²) in [6, 6.07) is 11.1. The molecule has 1 aliphatic heterocycles. The molecule has 0 radical (unpaired) electrons. The molecule has 6 nitrogen and oxygen atoms in total. The summed E-state index contributed by atoms with van der Waals surface area (Å²) in [6.45, 7) is 0. The van der Waals surface area contributed by atoms with Crippen molar-refractivity contribution in [2.75, 3.05) is 24.8 Å². The molecule has 28 heavy (non-hydrogen) atoms. The fourth-order valence-corrected chi connectivity index (χ4v) is 4.35. The number of anilines is 1. The lowest BCUT2D eigenvalue weighted by Gasteiger charge is -2.25. The Morgan fingerprint density at radius 1 is 1.21 bits per heavy atom. The molecule has 0 saturated heterocycles. The standard InChI is InChI=1S/C21H20FN5O/c1-26(2)14-5-3-11(4-6-14)12-7-16-20-17(8-12)27(23)18-10-13(22)9-15(19(18)20)21(28)25-24-16/h3-6,9-10,12H,7-8,23H2,1-2H3,(H,25,28). The molecule has 1 atom stereocenters. The number of hydrazone groups is 1. The van der Waals surface area contributed by atoms with Gasteiger partial charge >= 0.3 is 0 Å². The molecule has 0 saturated carbocycles. The van der Waals surface area contributed by atoms with Gasteiger partial charge in [0.05, 0.1) is 22.5 Å². The second-order valence-corrected chi connectivity index (χ2v) is 7.63. The number of nitrogens with two attached hydrogens (primary N) is 1. The zero-order chi connectivity index (χ0) is 19.6. The highest BCUT2D eigenvalue weighted by Crippen LogP contribution is 2.40. The van der Waals surface area contributed by atoms with E-state index < -0.39 is 11.7 Å². The van der Waals surface area contributed by atoms with Gasteiger partial charge in [-0.15, -0.1) is 0 Å². The number of benzene rings is 2. The van der Waals surface area contributed by atoms with Crippen LogP contribution in [0, 0.1) is 5.82 Å². The van der Waals surface area contributed by atoms with Crippen LogP contribution in [0.2, 0.25) is 0 Å². The van der Waals surface area contributed by atoms with Crippen LogP contribution in [0.25, 0.3) is 10.9 Å². The SMILES string of the molecule is CN(C)c1ccc(C2CC3=NNC(=O)c4cc(F)cc5c4c3c(n5N)C2)cc1. The van der Waals surface area contributed by atoms with Crippen LogP contribution in [0.3, 0.4) is 0 Å². The molecule has 2 aromatic carbocycles. The van der Waals surface area contributed by atoms with Gasteiger partial charge in [0.2, 0.25) is 0 Å². The van der Waals surface area contributed by atoms with Crippen LogP contribution in [-0.2, 0) is 6.42 Å². The highest BCUT2D eigenvalue weighted by molar-refractivity contribution is 6.21. The van der Waals surface area contributed by atoms with E-state index in [1.807, 2.05) is 14.1 Å². The zero-order valence-corrected chi connectivity index (χ0v) is 15.7. The molecule has 1 unspecified atom stereocenters. The minimum Gasteiger partial charge on any atom is -0.378 e. The maximum atomic E-state index is 14.1. The number of nitrogen functional groups attached to an aromatic ring is 1. The van der Waals surface area contributed by atoms with Gasteiger partial charge in [-0.1, -0.05) is 12.1 Å². The molecule has 0 bridgehead atoms. The molecular formula is C21H20FN5O. The van der Waals surface area contributed by atoms with Crippen molar-refractivity contribution in [3.8, 4) is 0 Å². The quantitative estimate of drug-likeness (QED) is 0.675. The highest BCUT2D eigenvalue weighted by atomic mass is 19.1. The minimum atomic E-state index is -0.488. The lowest BCUT2D eigenvalue weighted by atomic mass is 9.81. The number of carbonyl (C=O) groups excluding carboxylic acids is 1. The van der Waals surface area contributed by atoms with Gasteiger partial charge in [-0.05, 0) is 42.5 Å². The molecule has 1 aromatic heterocycles. The lowest BCUT2D eigenvalue weighted by Crippen LogP contribution is -2.25. The number of carbonyl (C=O) groups is 1. The van der Waals surface area contributed by atoms with E-state index >= 15 is 0 Å². The maximum absolute atomic E-state index is 14.1. The number of hydrogen-bond acceptors (Lipinski definition) is 4. The van der Waals surface area contributed by atoms with Crippen molar-refractivity contribution >= 4 is 28.2 Å². The molecule has 142 valence electrons. The van der Waals surface area contributed by atoms with Gasteiger partial charge in [0.15, 0.2) is 0 Å². The Kier molecular flexibility index (Phi) is 3.49. The van der Waals surface area contributed by atoms with Crippen LogP contribution < -0.4 is 16.2 Å². The third-order valence-corrected chi connectivity index (χ3v) is 5.76. The number of aromatic nitrogens is 1. The van der Waals surface area contributed by atoms with Crippen molar-refractivity contribution in [3.05, 3.63) is 64.6 Å². The molecule has 3 N–H and O–H groups in total. The summed E-state index contributed by atoms with van der Waals surface area (Å²) in [4.78, 5) is 14.5. The maximum Gasteiger partial charge on any atom is 0.272 e. The van der Waals surface area contributed by atoms with Crippen LogP contribution >= 0.6 is 0 Å². The first kappa shape index (κ1) is 16.8. The number of rotatable bonds is 2. The molecule has 7 heteroatoms. The van der Waals surface area contributed by atoms with E-state index in [2.05, 4.69) is 39.7 Å². The topological polar surface area (TPSA) is 75.7 Å². The van der Waals surface area contributed by atoms with Crippen LogP contribution in [0.4, 0.5) is 10.1 Å². The molecule has 3 aromatic rings. The Bertz CT molecular complexity index is 1160. The summed E-state index contributed by atoms with van der Waals surface area (Å²) in [5.41, 5.74) is 8.22. The molecule has 0 fully saturated rings. The molecule has 1 amide bonds. The molecule has 2 heterocycles. The summed E-state index contributed by atoms with van der Waals surface area (Å²) in [6.07, 6.45) is 1.39. The second kappa shape index (κ2) is 5.82. The smallest absolute Gasteiger partial charge is 0.272 e. The summed E-state index contributed by atoms with van der Waals surface area (Å²) in [7, 11) is 4.02. The fourth-order valence-electron chi connectivity index (χ4n) is 4.35. The molecular weight excluding hydrogens is 357 g/mol. The van der Waals surface area contributed by atoms with Crippen molar-refractivity contribution in [2.24, 2.45) is 5.10 Å². The Balaban J connectivity index is 1.67. The summed E-state index contributed by atoms with van der Waals surface area (Å²) < 4.78 is 15.6. The van der Waals surface area contributed by atoms with E-state index in [1.165, 1.54) is 22.4 Å². The van der Waals surface area contributed by atoms with Crippen molar-refractivity contribution in [3.63, 3.8) is 0 Å². The van der Waals surface area contributed by atoms with Gasteiger partial charge in [0.1, 0.15) is 5.82 Å². The van der Waals surface area contributed by atoms with E-state index in [4.69, 9.17) is 5.84 Å². The van der Waals surface area contributed by atoms with E-state index in [9.17, 15) is 9.18 Å². The summed E-state index contributed by atoms with van der Waals surface area (Å²) >= 11 is 0. The van der Waals surface area contributed by atoms with Crippen molar-refractivity contribution in [1.29, 1.82) is 0 Å². The first-order valence-corrected chi connectivity index (χ1v) is 9.20. The Labute approximate surface area is 161 Å². The second-order valence-electron chi connectivity index (χ2n) is 7.63. The van der Waals surface area contributed by atoms with Crippen molar-refractivity contribution in [1.82, 2.24) is 10.1 Å². The normalized spacial score (nSPS) is 17.9. The third-order valence-electron chi connectivity index (χ3n) is 5.76. The predicted molar refractivity (Wildman–Crippen MR) is 108 cm³/mol. The lowest BCUT2D eigenvalue weighted by molar-refractivity contribution is 0.0956. The summed E-state index contributed by atoms with van der Waals surface area (Å²) in [5.74, 6) is 5.62. The highest BCUT2D eigenvalue weighted by Gasteiger charge is 2.34. The first-order valence-electron chi connectivity index (χ1n) is 9.20. The van der Waals surface area contributed by atoms with Gasteiger partial charge < -0.3 is 10.7 Å². The fraction of sp³-hybridized carbons (Fsp3) is 0.238. The summed E-state index contributed by atoms with van der Waals surface area (Å²) in [5, 5.41) is 5.05. The molecule has 1 aliphatic carbocycles. The van der Waals surface area contributed by atoms with Gasteiger partial charge in [-0.25, -0.2) is 9.82 Å². The van der Waals surface area contributed by atoms with Crippen LogP contribution in [0.15, 0.2) is 41.5 Å². The number of halogens is 1. The predicted octanol–water partition coefficient (Wildman–Crippen LogP) is 2.74. The minimum absolute atomic E-state index is 0.178. The number of nitrogens with one attached hydrogen (secondary N) is 1. The Hall–Kier alpha value is -3.35. The van der Waals surface area contributed by atoms with Crippen molar-refractivity contribution < 1.29 is 9.18 Å². The molecule has 0 spiro atoms. The van der Waals surface area contributed by atoms with Crippen LogP contribution in [0.5, 0.6) is 0 Å². The van der Waals surface area contributed by atoms with Crippen LogP contribution in [0.1, 0.15) is 39.5 Å². The third kappa shape index (κ3) is 2.32. The van der Waals surface area contributed by atoms with Gasteiger partial charge in [0, 0.05) is 36.8 Å². The first-order chi connectivity index (χ1) is 13.4. The van der Waals surface area contributed by atoms with Crippen LogP contribution in [-0.4, -0.2) is 30.4 Å². The van der Waals surface area contributed by atoms with Gasteiger partial charge in [-0.3, -0.25) is 9.47 Å². The molecule has 5 rings (SSSR count). The average molecular weight is 377 g/mol. The van der Waals surface area contributed by atoms with E-state index in [1.54, 1.807) is 0 Å². The molecule has 2 aliphatic rings. The Morgan fingerprint density at radius 3 is 2.68 bits per heavy atom. The van der Waals surface area contributed by atoms with Crippen molar-refractivity contribution in [2.45, 2.75) is 18.8 Å².